The van der Waals surface area contributed by atoms with Crippen LogP contribution in [0.25, 0.3) is 0 Å². The summed E-state index contributed by atoms with van der Waals surface area (Å²) in [5, 5.41) is 0. The van der Waals surface area contributed by atoms with Gasteiger partial charge in [0.05, 0.1) is 0 Å². The minimum atomic E-state index is -2.80. The van der Waals surface area contributed by atoms with E-state index in [1.54, 1.807) is 28.4 Å². The van der Waals surface area contributed by atoms with Crippen LogP contribution in [-0.2, 0) is 36.0 Å². The molecule has 164 valence electrons. The molecule has 1 fully saturated rings. The second kappa shape index (κ2) is 14.2. The Bertz CT molecular complexity index is 315. The normalized spacial score (nSPS) is 18.7. The van der Waals surface area contributed by atoms with Crippen molar-refractivity contribution in [3.63, 3.8) is 0 Å². The molecule has 0 spiro atoms. The first kappa shape index (κ1) is 27.1. The van der Waals surface area contributed by atoms with Crippen LogP contribution in [0.1, 0.15) is 47.0 Å². The highest BCUT2D eigenvalue weighted by Crippen LogP contribution is 2.40. The van der Waals surface area contributed by atoms with Gasteiger partial charge in [-0.1, -0.05) is 6.42 Å². The van der Waals surface area contributed by atoms with E-state index >= 15 is 0 Å². The molecular weight excluding hydrogens is 388 g/mol. The average Bonchev–Trinajstić information content (AvgIpc) is 2.69. The number of methoxy groups -OCH3 is 2. The van der Waals surface area contributed by atoms with Gasteiger partial charge in [-0.25, -0.2) is 0 Å². The summed E-state index contributed by atoms with van der Waals surface area (Å²) in [6.45, 7) is 9.80. The molecule has 0 amide bonds. The molecule has 0 bridgehead atoms. The molecule has 0 aliphatic carbocycles. The van der Waals surface area contributed by atoms with Gasteiger partial charge < -0.3 is 36.0 Å². The Morgan fingerprint density at radius 3 is 1.37 bits per heavy atom. The fourth-order valence-corrected chi connectivity index (χ4v) is 8.64. The third kappa shape index (κ3) is 7.14. The maximum Gasteiger partial charge on any atom is 0.679 e. The quantitative estimate of drug-likeness (QED) is 0.347. The lowest BCUT2D eigenvalue weighted by Gasteiger charge is -2.46. The zero-order valence-corrected chi connectivity index (χ0v) is 20.4. The summed E-state index contributed by atoms with van der Waals surface area (Å²) in [7, 11) is 1.55. The first-order chi connectivity index (χ1) is 12.9. The van der Waals surface area contributed by atoms with Crippen molar-refractivity contribution in [3.8, 4) is 0 Å². The van der Waals surface area contributed by atoms with Gasteiger partial charge >= 0.3 is 17.6 Å². The van der Waals surface area contributed by atoms with Gasteiger partial charge in [-0.05, 0) is 40.2 Å². The Labute approximate surface area is 167 Å². The van der Waals surface area contributed by atoms with Crippen LogP contribution in [0.15, 0.2) is 0 Å². The molecule has 0 unspecified atom stereocenters. The lowest BCUT2D eigenvalue weighted by Crippen LogP contribution is -2.65. The third-order valence-corrected chi connectivity index (χ3v) is 11.2. The highest BCUT2D eigenvalue weighted by atomic mass is 28.4. The van der Waals surface area contributed by atoms with E-state index in [4.69, 9.17) is 36.0 Å². The van der Waals surface area contributed by atoms with Crippen molar-refractivity contribution in [2.75, 3.05) is 54.9 Å². The SMILES string of the molecule is CCO[Si](OCC)(OCC)OCC.COC1(OC)CCCC[Si]1(OC)OC. The summed E-state index contributed by atoms with van der Waals surface area (Å²) >= 11 is 0. The first-order valence-corrected chi connectivity index (χ1v) is 13.4. The molecule has 0 atom stereocenters. The molecule has 10 heteroatoms. The van der Waals surface area contributed by atoms with Crippen LogP contribution in [0, 0.1) is 0 Å². The van der Waals surface area contributed by atoms with Gasteiger partial charge in [-0.3, -0.25) is 0 Å². The van der Waals surface area contributed by atoms with Gasteiger partial charge in [0.1, 0.15) is 0 Å². The number of rotatable bonds is 12. The number of ether oxygens (including phenoxy) is 2. The van der Waals surface area contributed by atoms with Crippen LogP contribution in [-0.4, -0.2) is 77.9 Å². The van der Waals surface area contributed by atoms with Crippen LogP contribution < -0.4 is 0 Å². The van der Waals surface area contributed by atoms with Gasteiger partial charge in [0, 0.05) is 61.3 Å². The smallest absolute Gasteiger partial charge is 0.395 e. The monoisotopic (exact) mass is 428 g/mol. The van der Waals surface area contributed by atoms with E-state index in [9.17, 15) is 0 Å². The maximum atomic E-state index is 5.59. The molecule has 27 heavy (non-hydrogen) atoms. The van der Waals surface area contributed by atoms with E-state index in [0.29, 0.717) is 26.4 Å². The Hall–Kier alpha value is 0.114. The Kier molecular flexibility index (Phi) is 14.2. The Balaban J connectivity index is 0.000000503. The number of hydrogen-bond donors (Lipinski definition) is 0. The lowest BCUT2D eigenvalue weighted by molar-refractivity contribution is -0.183. The van der Waals surface area contributed by atoms with Crippen LogP contribution in [0.5, 0.6) is 0 Å². The molecule has 0 aromatic heterocycles. The molecule has 0 N–H and O–H groups in total. The molecule has 0 saturated carbocycles. The van der Waals surface area contributed by atoms with Crippen molar-refractivity contribution in [3.05, 3.63) is 0 Å². The standard InChI is InChI=1S/C9H20O4Si.C8H20O4Si/c1-10-9(11-2)7-5-6-8-14(9,12-3)13-4;1-5-9-13(10-6-2,11-7-3)12-8-4/h5-8H2,1-4H3;5-8H2,1-4H3. The molecule has 0 aromatic carbocycles. The van der Waals surface area contributed by atoms with Crippen LogP contribution in [0.4, 0.5) is 0 Å². The molecule has 1 heterocycles. The second-order valence-corrected chi connectivity index (χ2v) is 11.5. The molecule has 1 aliphatic heterocycles. The van der Waals surface area contributed by atoms with Crippen molar-refractivity contribution in [1.82, 2.24) is 0 Å². The van der Waals surface area contributed by atoms with Crippen molar-refractivity contribution in [1.29, 1.82) is 0 Å². The van der Waals surface area contributed by atoms with Gasteiger partial charge in [-0.15, -0.1) is 0 Å². The van der Waals surface area contributed by atoms with Crippen molar-refractivity contribution < 1.29 is 36.0 Å². The van der Waals surface area contributed by atoms with E-state index in [2.05, 4.69) is 0 Å². The summed E-state index contributed by atoms with van der Waals surface area (Å²) < 4.78 is 43.9. The molecule has 1 rings (SSSR count). The average molecular weight is 429 g/mol. The maximum absolute atomic E-state index is 5.59. The second-order valence-electron chi connectivity index (χ2n) is 5.76. The number of hydrogen-bond acceptors (Lipinski definition) is 8. The van der Waals surface area contributed by atoms with E-state index in [0.717, 1.165) is 25.3 Å². The van der Waals surface area contributed by atoms with E-state index in [-0.39, 0.29) is 0 Å². The minimum absolute atomic E-state index is 0.548. The summed E-state index contributed by atoms with van der Waals surface area (Å²) in [5.74, 6) is 0. The van der Waals surface area contributed by atoms with E-state index < -0.39 is 23.0 Å². The molecule has 8 nitrogen and oxygen atoms in total. The largest absolute Gasteiger partial charge is 0.679 e. The highest BCUT2D eigenvalue weighted by molar-refractivity contribution is 6.70. The summed E-state index contributed by atoms with van der Waals surface area (Å²) in [4.78, 5) is 0. The molecule has 0 radical (unpaired) electrons. The van der Waals surface area contributed by atoms with E-state index in [1.165, 1.54) is 0 Å². The Morgan fingerprint density at radius 2 is 1.11 bits per heavy atom. The van der Waals surface area contributed by atoms with Crippen LogP contribution in [0.3, 0.4) is 0 Å². The Morgan fingerprint density at radius 1 is 0.704 bits per heavy atom. The molecule has 0 aromatic rings. The highest BCUT2D eigenvalue weighted by Gasteiger charge is 2.60. The predicted octanol–water partition coefficient (Wildman–Crippen LogP) is 3.00. The summed E-state index contributed by atoms with van der Waals surface area (Å²) in [5.41, 5.74) is -0.630. The fraction of sp³-hybridized carbons (Fsp3) is 1.00. The minimum Gasteiger partial charge on any atom is -0.395 e. The summed E-state index contributed by atoms with van der Waals surface area (Å²) in [6.07, 6.45) is 3.08. The topological polar surface area (TPSA) is 73.8 Å². The first-order valence-electron chi connectivity index (χ1n) is 9.71. The van der Waals surface area contributed by atoms with E-state index in [1.807, 2.05) is 27.7 Å². The summed E-state index contributed by atoms with van der Waals surface area (Å²) in [6, 6.07) is 0.932. The zero-order chi connectivity index (χ0) is 20.8. The van der Waals surface area contributed by atoms with Gasteiger partial charge in [0.2, 0.25) is 5.41 Å². The molecule has 1 aliphatic rings. The lowest BCUT2D eigenvalue weighted by atomic mass is 10.2. The third-order valence-electron chi connectivity index (χ3n) is 4.45. The predicted molar refractivity (Wildman–Crippen MR) is 107 cm³/mol. The van der Waals surface area contributed by atoms with Gasteiger partial charge in [0.15, 0.2) is 0 Å². The van der Waals surface area contributed by atoms with Gasteiger partial charge in [0.25, 0.3) is 0 Å². The van der Waals surface area contributed by atoms with Crippen molar-refractivity contribution >= 4 is 17.6 Å². The van der Waals surface area contributed by atoms with Crippen LogP contribution >= 0.6 is 0 Å². The van der Waals surface area contributed by atoms with Crippen LogP contribution in [0.2, 0.25) is 6.04 Å². The van der Waals surface area contributed by atoms with Gasteiger partial charge in [-0.2, -0.15) is 0 Å². The molecule has 1 saturated heterocycles. The van der Waals surface area contributed by atoms with Crippen molar-refractivity contribution in [2.45, 2.75) is 58.4 Å². The van der Waals surface area contributed by atoms with Crippen molar-refractivity contribution in [2.24, 2.45) is 0 Å². The fourth-order valence-electron chi connectivity index (χ4n) is 3.25. The zero-order valence-electron chi connectivity index (χ0n) is 18.4. The molecular formula is C17H40O8Si2.